The van der Waals surface area contributed by atoms with Gasteiger partial charge in [-0.15, -0.1) is 6.42 Å². The van der Waals surface area contributed by atoms with E-state index in [2.05, 4.69) is 48.4 Å². The van der Waals surface area contributed by atoms with E-state index in [4.69, 9.17) is 31.0 Å². The number of anilines is 2. The first-order valence-electron chi connectivity index (χ1n) is 9.96. The lowest BCUT2D eigenvalue weighted by molar-refractivity contribution is 0.443. The predicted molar refractivity (Wildman–Crippen MR) is 126 cm³/mol. The molecule has 0 aliphatic heterocycles. The third-order valence-electron chi connectivity index (χ3n) is 4.47. The van der Waals surface area contributed by atoms with Gasteiger partial charge in [-0.2, -0.15) is 5.26 Å². The summed E-state index contributed by atoms with van der Waals surface area (Å²) in [6.07, 6.45) is 7.08. The Morgan fingerprint density at radius 3 is 2.65 bits per heavy atom. The molecule has 0 saturated carbocycles. The summed E-state index contributed by atoms with van der Waals surface area (Å²) in [5.74, 6) is 1.58. The molecule has 0 saturated heterocycles. The number of benzene rings is 2. The van der Waals surface area contributed by atoms with E-state index in [1.165, 1.54) is 24.4 Å². The van der Waals surface area contributed by atoms with Gasteiger partial charge in [0.15, 0.2) is 0 Å². The van der Waals surface area contributed by atoms with Gasteiger partial charge in [-0.3, -0.25) is 4.98 Å². The van der Waals surface area contributed by atoms with Gasteiger partial charge in [0, 0.05) is 34.4 Å². The van der Waals surface area contributed by atoms with Gasteiger partial charge in [-0.25, -0.2) is 4.39 Å². The van der Waals surface area contributed by atoms with Crippen LogP contribution in [-0.4, -0.2) is 11.5 Å². The van der Waals surface area contributed by atoms with Gasteiger partial charge in [0.05, 0.1) is 23.2 Å². The highest BCUT2D eigenvalue weighted by molar-refractivity contribution is 6.36. The topological polar surface area (TPSA) is 60.7 Å². The van der Waals surface area contributed by atoms with Crippen LogP contribution >= 0.6 is 23.2 Å². The molecule has 1 heterocycles. The summed E-state index contributed by atoms with van der Waals surface area (Å²) in [6.45, 7) is 6.78. The van der Waals surface area contributed by atoms with Gasteiger partial charge in [0.2, 0.25) is 0 Å². The van der Waals surface area contributed by atoms with Crippen LogP contribution < -0.4 is 10.6 Å². The third kappa shape index (κ3) is 5.02. The van der Waals surface area contributed by atoms with E-state index < -0.39 is 11.8 Å². The molecule has 0 unspecified atom stereocenters. The maximum atomic E-state index is 14.5. The number of halogens is 3. The molecule has 0 radical (unpaired) electrons. The molecule has 158 valence electrons. The molecule has 0 spiro atoms. The van der Waals surface area contributed by atoms with Gasteiger partial charge in [-0.05, 0) is 29.7 Å². The van der Waals surface area contributed by atoms with Crippen molar-refractivity contribution in [1.29, 1.82) is 5.26 Å². The smallest absolute Gasteiger partial charge is 0.130 e. The minimum atomic E-state index is -2.00. The number of aromatic nitrogens is 1. The Balaban J connectivity index is 2.16. The van der Waals surface area contributed by atoms with E-state index in [-0.39, 0.29) is 21.0 Å². The molecular weight excluding hydrogens is 434 g/mol. The number of hydrogen-bond acceptors (Lipinski definition) is 4. The quantitative estimate of drug-likeness (QED) is 0.415. The van der Waals surface area contributed by atoms with Crippen LogP contribution in [-0.2, 0) is 0 Å². The number of fused-ring (bicyclic) bond motifs is 1. The molecule has 3 aromatic rings. The molecule has 0 aliphatic carbocycles. The lowest BCUT2D eigenvalue weighted by atomic mass is 9.96. The standard InChI is InChI=1S/C24H21Cl2FN4/c1-5-20(21-17(25)7-6-8-19(21)27)31-15-9-16-22(30-13-24(2,3)4)14(11-28)12-29-23(16)18(26)10-15/h1,6-10,12,20,31H,13H2,2-4H3,(H,29,30)/t20-/m1/s1/i20D. The second-order valence-corrected chi connectivity index (χ2v) is 8.98. The van der Waals surface area contributed by atoms with Gasteiger partial charge < -0.3 is 10.6 Å². The molecule has 4 nitrogen and oxygen atoms in total. The van der Waals surface area contributed by atoms with E-state index >= 15 is 0 Å². The van der Waals surface area contributed by atoms with Crippen molar-refractivity contribution in [1.82, 2.24) is 4.98 Å². The van der Waals surface area contributed by atoms with E-state index in [0.717, 1.165) is 0 Å². The van der Waals surface area contributed by atoms with E-state index in [1.807, 2.05) is 0 Å². The molecule has 0 fully saturated rings. The van der Waals surface area contributed by atoms with Crippen LogP contribution in [0.4, 0.5) is 15.8 Å². The van der Waals surface area contributed by atoms with Crippen molar-refractivity contribution in [2.45, 2.75) is 26.8 Å². The van der Waals surface area contributed by atoms with Crippen molar-refractivity contribution < 1.29 is 5.76 Å². The van der Waals surface area contributed by atoms with E-state index in [0.29, 0.717) is 34.4 Å². The molecule has 31 heavy (non-hydrogen) atoms. The summed E-state index contributed by atoms with van der Waals surface area (Å²) in [4.78, 5) is 4.31. The number of nitrogens with zero attached hydrogens (tertiary/aromatic N) is 2. The summed E-state index contributed by atoms with van der Waals surface area (Å²) in [5.41, 5.74) is 1.52. The highest BCUT2D eigenvalue weighted by atomic mass is 35.5. The Hall–Kier alpha value is -2.99. The maximum Gasteiger partial charge on any atom is 0.130 e. The summed E-state index contributed by atoms with van der Waals surface area (Å²) in [6, 6.07) is 7.45. The van der Waals surface area contributed by atoms with Crippen molar-refractivity contribution >= 4 is 45.5 Å². The van der Waals surface area contributed by atoms with Crippen LogP contribution in [0.2, 0.25) is 10.0 Å². The molecule has 0 bridgehead atoms. The normalized spacial score (nSPS) is 13.6. The molecule has 1 atom stereocenters. The third-order valence-corrected chi connectivity index (χ3v) is 5.07. The number of terminal acetylenes is 1. The SMILES string of the molecule is [2H][C@](C#C)(Nc1cc(Cl)c2ncc(C#N)c(NCC(C)(C)C)c2c1)c1c(F)cccc1Cl. The zero-order chi connectivity index (χ0) is 23.7. The number of pyridine rings is 1. The molecule has 7 heteroatoms. The van der Waals surface area contributed by atoms with Crippen LogP contribution in [0, 0.1) is 34.9 Å². The van der Waals surface area contributed by atoms with Crippen molar-refractivity contribution in [2.24, 2.45) is 5.41 Å². The van der Waals surface area contributed by atoms with Crippen LogP contribution in [0.25, 0.3) is 10.9 Å². The maximum absolute atomic E-state index is 14.5. The first-order chi connectivity index (χ1) is 15.0. The van der Waals surface area contributed by atoms with Crippen molar-refractivity contribution in [2.75, 3.05) is 17.2 Å². The van der Waals surface area contributed by atoms with Crippen molar-refractivity contribution in [3.63, 3.8) is 0 Å². The van der Waals surface area contributed by atoms with Gasteiger partial charge in [0.1, 0.15) is 17.9 Å². The van der Waals surface area contributed by atoms with Gasteiger partial charge in [-0.1, -0.05) is 56.0 Å². The Bertz CT molecular complexity index is 1250. The molecule has 2 aromatic carbocycles. The first-order valence-corrected chi connectivity index (χ1v) is 10.2. The molecular formula is C24H21Cl2FN4. The van der Waals surface area contributed by atoms with Crippen molar-refractivity contribution in [3.05, 3.63) is 63.5 Å². The fraction of sp³-hybridized carbons (Fsp3) is 0.250. The zero-order valence-corrected chi connectivity index (χ0v) is 18.8. The Labute approximate surface area is 192 Å². The summed E-state index contributed by atoms with van der Waals surface area (Å²) in [7, 11) is 0. The van der Waals surface area contributed by atoms with E-state index in [9.17, 15) is 9.65 Å². The second-order valence-electron chi connectivity index (χ2n) is 8.17. The van der Waals surface area contributed by atoms with Crippen LogP contribution in [0.5, 0.6) is 0 Å². The molecule has 3 rings (SSSR count). The lowest BCUT2D eigenvalue weighted by Crippen LogP contribution is -2.19. The van der Waals surface area contributed by atoms with Crippen molar-refractivity contribution in [3.8, 4) is 18.4 Å². The predicted octanol–water partition coefficient (Wildman–Crippen LogP) is 6.80. The number of rotatable bonds is 5. The minimum Gasteiger partial charge on any atom is -0.383 e. The number of nitrogens with one attached hydrogen (secondary N) is 2. The highest BCUT2D eigenvalue weighted by Crippen LogP contribution is 2.36. The lowest BCUT2D eigenvalue weighted by Gasteiger charge is -2.22. The zero-order valence-electron chi connectivity index (χ0n) is 18.3. The average molecular weight is 456 g/mol. The fourth-order valence-electron chi connectivity index (χ4n) is 3.01. The summed E-state index contributed by atoms with van der Waals surface area (Å²) in [5, 5.41) is 16.6. The van der Waals surface area contributed by atoms with Crippen LogP contribution in [0.3, 0.4) is 0 Å². The van der Waals surface area contributed by atoms with Gasteiger partial charge in [0.25, 0.3) is 0 Å². The summed E-state index contributed by atoms with van der Waals surface area (Å²) < 4.78 is 23.2. The second kappa shape index (κ2) is 9.02. The number of hydrogen-bond donors (Lipinski definition) is 2. The molecule has 1 aromatic heterocycles. The first kappa shape index (κ1) is 21.2. The number of nitriles is 1. The largest absolute Gasteiger partial charge is 0.383 e. The van der Waals surface area contributed by atoms with Crippen LogP contribution in [0.15, 0.2) is 36.5 Å². The summed E-state index contributed by atoms with van der Waals surface area (Å²) >= 11 is 12.6. The molecule has 0 aliphatic rings. The molecule has 0 amide bonds. The Kier molecular flexibility index (Phi) is 6.18. The van der Waals surface area contributed by atoms with Gasteiger partial charge >= 0.3 is 0 Å². The fourth-order valence-corrected chi connectivity index (χ4v) is 3.54. The molecule has 2 N–H and O–H groups in total. The van der Waals surface area contributed by atoms with E-state index in [1.54, 1.807) is 12.1 Å². The minimum absolute atomic E-state index is 0.0262. The Morgan fingerprint density at radius 2 is 2.03 bits per heavy atom. The average Bonchev–Trinajstić information content (AvgIpc) is 2.71. The Morgan fingerprint density at radius 1 is 1.29 bits per heavy atom. The van der Waals surface area contributed by atoms with Crippen LogP contribution in [0.1, 0.15) is 39.3 Å². The highest BCUT2D eigenvalue weighted by Gasteiger charge is 2.19. The monoisotopic (exact) mass is 455 g/mol.